The highest BCUT2D eigenvalue weighted by Gasteiger charge is 2.20. The Morgan fingerprint density at radius 3 is 2.04 bits per heavy atom. The van der Waals surface area contributed by atoms with Gasteiger partial charge in [0.1, 0.15) is 0 Å². The molecule has 0 unspecified atom stereocenters. The van der Waals surface area contributed by atoms with Gasteiger partial charge < -0.3 is 15.4 Å². The van der Waals surface area contributed by atoms with E-state index < -0.39 is 12.1 Å². The van der Waals surface area contributed by atoms with E-state index in [1.165, 1.54) is 0 Å². The van der Waals surface area contributed by atoms with Crippen LogP contribution >= 0.6 is 0 Å². The van der Waals surface area contributed by atoms with Gasteiger partial charge in [0.15, 0.2) is 0 Å². The van der Waals surface area contributed by atoms with Crippen LogP contribution in [0.1, 0.15) is 43.5 Å². The Balaban J connectivity index is 2.02. The lowest BCUT2D eigenvalue weighted by molar-refractivity contribution is -0.122. The molecule has 0 bridgehead atoms. The van der Waals surface area contributed by atoms with E-state index >= 15 is 0 Å². The van der Waals surface area contributed by atoms with E-state index in [-0.39, 0.29) is 25.0 Å². The average Bonchev–Trinajstić information content (AvgIpc) is 2.63. The fourth-order valence-electron chi connectivity index (χ4n) is 2.56. The maximum atomic E-state index is 12.4. The molecule has 0 spiro atoms. The van der Waals surface area contributed by atoms with Gasteiger partial charge in [-0.1, -0.05) is 60.7 Å². The molecule has 25 heavy (non-hydrogen) atoms. The lowest BCUT2D eigenvalue weighted by Gasteiger charge is -2.20. The second-order valence-corrected chi connectivity index (χ2v) is 5.73. The Morgan fingerprint density at radius 2 is 1.48 bits per heavy atom. The Bertz CT molecular complexity index is 674. The normalized spacial score (nSPS) is 12.7. The number of hydrogen-bond acceptors (Lipinski definition) is 3. The molecule has 0 radical (unpaired) electrons. The number of carbonyl (C=O) groups excluding carboxylic acids is 2. The topological polar surface area (TPSA) is 67.4 Å². The molecule has 5 heteroatoms. The summed E-state index contributed by atoms with van der Waals surface area (Å²) < 4.78 is 4.94. The van der Waals surface area contributed by atoms with Crippen LogP contribution in [0.15, 0.2) is 60.7 Å². The molecule has 2 atom stereocenters. The van der Waals surface area contributed by atoms with E-state index in [1.54, 1.807) is 6.92 Å². The molecule has 0 saturated heterocycles. The Labute approximate surface area is 148 Å². The first kappa shape index (κ1) is 18.5. The van der Waals surface area contributed by atoms with Crippen LogP contribution in [-0.2, 0) is 9.53 Å². The Morgan fingerprint density at radius 1 is 0.920 bits per heavy atom. The lowest BCUT2D eigenvalue weighted by Crippen LogP contribution is -2.35. The molecule has 0 aromatic heterocycles. The molecule has 2 aromatic rings. The van der Waals surface area contributed by atoms with Crippen molar-refractivity contribution in [3.8, 4) is 0 Å². The molecule has 5 nitrogen and oxygen atoms in total. The molecule has 2 N–H and O–H groups in total. The quantitative estimate of drug-likeness (QED) is 0.807. The van der Waals surface area contributed by atoms with Gasteiger partial charge in [0.05, 0.1) is 25.1 Å². The van der Waals surface area contributed by atoms with Crippen LogP contribution in [0.2, 0.25) is 0 Å². The van der Waals surface area contributed by atoms with E-state index in [4.69, 9.17) is 4.74 Å². The molecular weight excluding hydrogens is 316 g/mol. The van der Waals surface area contributed by atoms with E-state index in [1.807, 2.05) is 67.6 Å². The fourth-order valence-corrected chi connectivity index (χ4v) is 2.56. The van der Waals surface area contributed by atoms with Crippen molar-refractivity contribution in [2.24, 2.45) is 0 Å². The minimum atomic E-state index is -0.528. The van der Waals surface area contributed by atoms with Crippen LogP contribution in [0, 0.1) is 0 Å². The molecule has 0 fully saturated rings. The SMILES string of the molecule is CCOC(=O)N[C@@H](CC(=O)N[C@@H](C)c1ccccc1)c1ccccc1. The van der Waals surface area contributed by atoms with Crippen LogP contribution in [0.3, 0.4) is 0 Å². The summed E-state index contributed by atoms with van der Waals surface area (Å²) in [5, 5.41) is 5.73. The summed E-state index contributed by atoms with van der Waals surface area (Å²) in [5.74, 6) is -0.137. The minimum Gasteiger partial charge on any atom is -0.450 e. The smallest absolute Gasteiger partial charge is 0.407 e. The number of hydrogen-bond donors (Lipinski definition) is 2. The third kappa shape index (κ3) is 5.95. The number of carbonyl (C=O) groups is 2. The molecule has 2 aromatic carbocycles. The zero-order valence-corrected chi connectivity index (χ0v) is 14.6. The molecule has 2 rings (SSSR count). The average molecular weight is 340 g/mol. The standard InChI is InChI=1S/C20H24N2O3/c1-3-25-20(24)22-18(17-12-8-5-9-13-17)14-19(23)21-15(2)16-10-6-4-7-11-16/h4-13,15,18H,3,14H2,1-2H3,(H,21,23)(H,22,24)/t15-,18-/m0/s1. The first-order chi connectivity index (χ1) is 12.1. The number of alkyl carbamates (subject to hydrolysis) is 1. The van der Waals surface area contributed by atoms with Crippen molar-refractivity contribution in [3.05, 3.63) is 71.8 Å². The van der Waals surface area contributed by atoms with Crippen LogP contribution in [-0.4, -0.2) is 18.6 Å². The fraction of sp³-hybridized carbons (Fsp3) is 0.300. The van der Waals surface area contributed by atoms with E-state index in [0.29, 0.717) is 0 Å². The number of nitrogens with one attached hydrogen (secondary N) is 2. The summed E-state index contributed by atoms with van der Waals surface area (Å²) in [6.07, 6.45) is -0.389. The van der Waals surface area contributed by atoms with Gasteiger partial charge in [-0.3, -0.25) is 4.79 Å². The molecular formula is C20H24N2O3. The van der Waals surface area contributed by atoms with Crippen molar-refractivity contribution < 1.29 is 14.3 Å². The predicted molar refractivity (Wildman–Crippen MR) is 97.0 cm³/mol. The summed E-state index contributed by atoms with van der Waals surface area (Å²) in [6.45, 7) is 3.96. The van der Waals surface area contributed by atoms with Crippen LogP contribution < -0.4 is 10.6 Å². The van der Waals surface area contributed by atoms with Gasteiger partial charge in [-0.15, -0.1) is 0 Å². The van der Waals surface area contributed by atoms with Crippen molar-refractivity contribution in [1.82, 2.24) is 10.6 Å². The zero-order valence-electron chi connectivity index (χ0n) is 14.6. The van der Waals surface area contributed by atoms with Crippen molar-refractivity contribution in [1.29, 1.82) is 0 Å². The zero-order chi connectivity index (χ0) is 18.1. The van der Waals surface area contributed by atoms with Gasteiger partial charge in [0.25, 0.3) is 0 Å². The van der Waals surface area contributed by atoms with E-state index in [9.17, 15) is 9.59 Å². The summed E-state index contributed by atoms with van der Waals surface area (Å²) in [7, 11) is 0. The Kier molecular flexibility index (Phi) is 7.01. The van der Waals surface area contributed by atoms with Crippen molar-refractivity contribution in [2.75, 3.05) is 6.61 Å². The lowest BCUT2D eigenvalue weighted by atomic mass is 10.0. The minimum absolute atomic E-state index is 0.104. The molecule has 0 aliphatic carbocycles. The third-order valence-electron chi connectivity index (χ3n) is 3.84. The molecule has 0 heterocycles. The van der Waals surface area contributed by atoms with Gasteiger partial charge in [-0.25, -0.2) is 4.79 Å². The summed E-state index contributed by atoms with van der Waals surface area (Å²) >= 11 is 0. The predicted octanol–water partition coefficient (Wildman–Crippen LogP) is 3.74. The molecule has 132 valence electrons. The molecule has 0 aliphatic heterocycles. The first-order valence-corrected chi connectivity index (χ1v) is 8.42. The van der Waals surface area contributed by atoms with Gasteiger partial charge in [0, 0.05) is 0 Å². The third-order valence-corrected chi connectivity index (χ3v) is 3.84. The second kappa shape index (κ2) is 9.47. The number of amides is 2. The van der Waals surface area contributed by atoms with Gasteiger partial charge in [0.2, 0.25) is 5.91 Å². The molecule has 0 aliphatic rings. The number of benzene rings is 2. The summed E-state index contributed by atoms with van der Waals surface area (Å²) in [5.41, 5.74) is 1.89. The van der Waals surface area contributed by atoms with Gasteiger partial charge in [-0.05, 0) is 25.0 Å². The van der Waals surface area contributed by atoms with Crippen LogP contribution in [0.4, 0.5) is 4.79 Å². The monoisotopic (exact) mass is 340 g/mol. The maximum absolute atomic E-state index is 12.4. The van der Waals surface area contributed by atoms with Crippen molar-refractivity contribution in [3.63, 3.8) is 0 Å². The van der Waals surface area contributed by atoms with Gasteiger partial charge in [-0.2, -0.15) is 0 Å². The highest BCUT2D eigenvalue weighted by Crippen LogP contribution is 2.18. The van der Waals surface area contributed by atoms with Crippen molar-refractivity contribution in [2.45, 2.75) is 32.4 Å². The summed E-state index contributed by atoms with van der Waals surface area (Å²) in [4.78, 5) is 24.2. The largest absolute Gasteiger partial charge is 0.450 e. The maximum Gasteiger partial charge on any atom is 0.407 e. The highest BCUT2D eigenvalue weighted by molar-refractivity contribution is 5.78. The highest BCUT2D eigenvalue weighted by atomic mass is 16.5. The number of rotatable bonds is 7. The van der Waals surface area contributed by atoms with Gasteiger partial charge >= 0.3 is 6.09 Å². The van der Waals surface area contributed by atoms with Crippen molar-refractivity contribution >= 4 is 12.0 Å². The van der Waals surface area contributed by atoms with Crippen LogP contribution in [0.25, 0.3) is 0 Å². The second-order valence-electron chi connectivity index (χ2n) is 5.73. The van der Waals surface area contributed by atoms with E-state index in [0.717, 1.165) is 11.1 Å². The summed E-state index contributed by atoms with van der Waals surface area (Å²) in [6, 6.07) is 18.6. The molecule has 0 saturated carbocycles. The molecule has 2 amide bonds. The first-order valence-electron chi connectivity index (χ1n) is 8.42. The van der Waals surface area contributed by atoms with E-state index in [2.05, 4.69) is 10.6 Å². The van der Waals surface area contributed by atoms with Crippen LogP contribution in [0.5, 0.6) is 0 Å². The Hall–Kier alpha value is -2.82. The number of ether oxygens (including phenoxy) is 1.